The van der Waals surface area contributed by atoms with E-state index < -0.39 is 11.2 Å². The lowest BCUT2D eigenvalue weighted by molar-refractivity contribution is -0.128. The number of amides is 2. The first-order chi connectivity index (χ1) is 12.9. The van der Waals surface area contributed by atoms with Gasteiger partial charge in [0.25, 0.3) is 0 Å². The average molecular weight is 383 g/mol. The summed E-state index contributed by atoms with van der Waals surface area (Å²) in [5.41, 5.74) is 1.30. The number of carbonyl (C=O) groups excluding carboxylic acids is 2. The average Bonchev–Trinajstić information content (AvgIpc) is 2.66. The lowest BCUT2D eigenvalue weighted by atomic mass is 10.2. The van der Waals surface area contributed by atoms with E-state index in [1.54, 1.807) is 7.05 Å². The Morgan fingerprint density at radius 1 is 1.15 bits per heavy atom. The number of para-hydroxylation sites is 1. The molecule has 2 aromatic carbocycles. The largest absolute Gasteiger partial charge is 0.478 e. The Morgan fingerprint density at radius 2 is 1.81 bits per heavy atom. The summed E-state index contributed by atoms with van der Waals surface area (Å²) >= 11 is 1.22. The van der Waals surface area contributed by atoms with Crippen molar-refractivity contribution in [2.24, 2.45) is 4.99 Å². The molecule has 2 aromatic rings. The summed E-state index contributed by atoms with van der Waals surface area (Å²) in [5.74, 6) is -1.55. The van der Waals surface area contributed by atoms with Crippen LogP contribution in [0.15, 0.2) is 59.6 Å². The first kappa shape index (κ1) is 18.7. The molecule has 0 radical (unpaired) electrons. The van der Waals surface area contributed by atoms with Gasteiger partial charge in [-0.15, -0.1) is 0 Å². The first-order valence-corrected chi connectivity index (χ1v) is 9.03. The second-order valence-electron chi connectivity index (χ2n) is 5.87. The standard InChI is InChI=1S/C19H17N3O4S/c1-22-16(23)11-15(27-19(22)21-13-5-3-2-4-6-13)17(24)20-14-9-7-12(8-10-14)18(25)26/h2-10,15H,11H2,1H3,(H,20,24)(H,25,26)/t15-/m0/s1. The predicted molar refractivity (Wildman–Crippen MR) is 104 cm³/mol. The van der Waals surface area contributed by atoms with Crippen LogP contribution < -0.4 is 5.32 Å². The Hall–Kier alpha value is -3.13. The topological polar surface area (TPSA) is 99.1 Å². The van der Waals surface area contributed by atoms with E-state index in [0.29, 0.717) is 16.5 Å². The van der Waals surface area contributed by atoms with Gasteiger partial charge in [-0.1, -0.05) is 30.0 Å². The van der Waals surface area contributed by atoms with Crippen LogP contribution in [0, 0.1) is 0 Å². The van der Waals surface area contributed by atoms with Gasteiger partial charge in [-0.3, -0.25) is 14.5 Å². The van der Waals surface area contributed by atoms with Crippen molar-refractivity contribution in [1.29, 1.82) is 0 Å². The van der Waals surface area contributed by atoms with Gasteiger partial charge in [0.2, 0.25) is 11.8 Å². The van der Waals surface area contributed by atoms with Crippen LogP contribution in [0.25, 0.3) is 0 Å². The fourth-order valence-corrected chi connectivity index (χ4v) is 3.49. The van der Waals surface area contributed by atoms with Crippen molar-refractivity contribution in [1.82, 2.24) is 4.90 Å². The third-order valence-corrected chi connectivity index (χ3v) is 5.18. The van der Waals surface area contributed by atoms with Crippen molar-refractivity contribution >= 4 is 46.1 Å². The zero-order chi connectivity index (χ0) is 19.4. The van der Waals surface area contributed by atoms with Gasteiger partial charge in [-0.25, -0.2) is 9.79 Å². The normalized spacial score (nSPS) is 18.4. The first-order valence-electron chi connectivity index (χ1n) is 8.15. The summed E-state index contributed by atoms with van der Waals surface area (Å²) in [5, 5.41) is 11.5. The minimum absolute atomic E-state index is 0.0635. The Morgan fingerprint density at radius 3 is 2.44 bits per heavy atom. The molecular weight excluding hydrogens is 366 g/mol. The minimum atomic E-state index is -1.04. The van der Waals surface area contributed by atoms with E-state index in [1.807, 2.05) is 30.3 Å². The van der Waals surface area contributed by atoms with Crippen molar-refractivity contribution in [3.63, 3.8) is 0 Å². The second kappa shape index (κ2) is 8.05. The van der Waals surface area contributed by atoms with Crippen LogP contribution in [-0.4, -0.2) is 45.3 Å². The number of amidine groups is 1. The maximum absolute atomic E-state index is 12.6. The minimum Gasteiger partial charge on any atom is -0.478 e. The summed E-state index contributed by atoms with van der Waals surface area (Å²) in [7, 11) is 1.63. The molecule has 1 saturated heterocycles. The molecule has 1 aliphatic rings. The van der Waals surface area contributed by atoms with Crippen molar-refractivity contribution in [3.05, 3.63) is 60.2 Å². The summed E-state index contributed by atoms with van der Waals surface area (Å²) in [6.07, 6.45) is 0.0635. The van der Waals surface area contributed by atoms with Crippen molar-refractivity contribution < 1.29 is 19.5 Å². The van der Waals surface area contributed by atoms with Crippen molar-refractivity contribution in [3.8, 4) is 0 Å². The lowest BCUT2D eigenvalue weighted by Gasteiger charge is -2.28. The summed E-state index contributed by atoms with van der Waals surface area (Å²) in [4.78, 5) is 41.6. The molecule has 1 atom stereocenters. The third kappa shape index (κ3) is 4.53. The second-order valence-corrected chi connectivity index (χ2v) is 7.03. The Labute approximate surface area is 160 Å². The van der Waals surface area contributed by atoms with E-state index in [1.165, 1.54) is 40.9 Å². The van der Waals surface area contributed by atoms with Crippen LogP contribution in [0.2, 0.25) is 0 Å². The number of aliphatic imine (C=N–C) groups is 1. The predicted octanol–water partition coefficient (Wildman–Crippen LogP) is 2.97. The molecule has 3 rings (SSSR count). The monoisotopic (exact) mass is 383 g/mol. The van der Waals surface area contributed by atoms with Crippen LogP contribution >= 0.6 is 11.8 Å². The number of carboxylic acid groups (broad SMARTS) is 1. The van der Waals surface area contributed by atoms with Gasteiger partial charge in [0.05, 0.1) is 11.3 Å². The molecule has 27 heavy (non-hydrogen) atoms. The van der Waals surface area contributed by atoms with Crippen molar-refractivity contribution in [2.45, 2.75) is 11.7 Å². The highest BCUT2D eigenvalue weighted by molar-refractivity contribution is 8.15. The molecule has 0 unspecified atom stereocenters. The number of hydrogen-bond donors (Lipinski definition) is 2. The van der Waals surface area contributed by atoms with Crippen LogP contribution in [0.4, 0.5) is 11.4 Å². The summed E-state index contributed by atoms with van der Waals surface area (Å²) in [6.45, 7) is 0. The number of anilines is 1. The van der Waals surface area contributed by atoms with Crippen LogP contribution in [0.5, 0.6) is 0 Å². The van der Waals surface area contributed by atoms with Gasteiger partial charge < -0.3 is 10.4 Å². The molecule has 0 bridgehead atoms. The third-order valence-electron chi connectivity index (χ3n) is 3.94. The fourth-order valence-electron chi connectivity index (χ4n) is 2.43. The Bertz CT molecular complexity index is 897. The van der Waals surface area contributed by atoms with Crippen LogP contribution in [-0.2, 0) is 9.59 Å². The molecule has 2 N–H and O–H groups in total. The van der Waals surface area contributed by atoms with Gasteiger partial charge in [-0.2, -0.15) is 0 Å². The molecule has 0 spiro atoms. The molecule has 138 valence electrons. The smallest absolute Gasteiger partial charge is 0.335 e. The van der Waals surface area contributed by atoms with E-state index in [9.17, 15) is 14.4 Å². The Balaban J connectivity index is 1.73. The summed E-state index contributed by atoms with van der Waals surface area (Å²) < 4.78 is 0. The van der Waals surface area contributed by atoms with Gasteiger partial charge in [0.1, 0.15) is 5.25 Å². The number of carboxylic acids is 1. The molecule has 1 aliphatic heterocycles. The highest BCUT2D eigenvalue weighted by Gasteiger charge is 2.34. The lowest BCUT2D eigenvalue weighted by Crippen LogP contribution is -2.43. The number of nitrogens with zero attached hydrogens (tertiary/aromatic N) is 2. The van der Waals surface area contributed by atoms with Gasteiger partial charge >= 0.3 is 5.97 Å². The quantitative estimate of drug-likeness (QED) is 0.846. The molecule has 1 heterocycles. The molecule has 0 aromatic heterocycles. The number of rotatable bonds is 4. The number of hydrogen-bond acceptors (Lipinski definition) is 5. The highest BCUT2D eigenvalue weighted by atomic mass is 32.2. The zero-order valence-electron chi connectivity index (χ0n) is 14.5. The number of carbonyl (C=O) groups is 3. The number of benzene rings is 2. The number of aromatic carboxylic acids is 1. The van der Waals surface area contributed by atoms with E-state index in [4.69, 9.17) is 5.11 Å². The number of thioether (sulfide) groups is 1. The zero-order valence-corrected chi connectivity index (χ0v) is 15.3. The van der Waals surface area contributed by atoms with Gasteiger partial charge in [0.15, 0.2) is 5.17 Å². The van der Waals surface area contributed by atoms with E-state index >= 15 is 0 Å². The fraction of sp³-hybridized carbons (Fsp3) is 0.158. The number of nitrogens with one attached hydrogen (secondary N) is 1. The molecule has 1 fully saturated rings. The SMILES string of the molecule is CN1C(=O)C[C@@H](C(=O)Nc2ccc(C(=O)O)cc2)SC1=Nc1ccccc1. The molecule has 8 heteroatoms. The summed E-state index contributed by atoms with van der Waals surface area (Å²) in [6, 6.07) is 15.1. The van der Waals surface area contributed by atoms with Gasteiger partial charge in [-0.05, 0) is 36.4 Å². The highest BCUT2D eigenvalue weighted by Crippen LogP contribution is 2.28. The maximum Gasteiger partial charge on any atom is 0.335 e. The maximum atomic E-state index is 12.6. The van der Waals surface area contributed by atoms with E-state index in [2.05, 4.69) is 10.3 Å². The van der Waals surface area contributed by atoms with Crippen molar-refractivity contribution in [2.75, 3.05) is 12.4 Å². The Kier molecular flexibility index (Phi) is 5.56. The molecule has 7 nitrogen and oxygen atoms in total. The molecule has 2 amide bonds. The molecule has 0 aliphatic carbocycles. The molecular formula is C19H17N3O4S. The van der Waals surface area contributed by atoms with Gasteiger partial charge in [0, 0.05) is 19.2 Å². The van der Waals surface area contributed by atoms with E-state index in [0.717, 1.165) is 0 Å². The van der Waals surface area contributed by atoms with Crippen LogP contribution in [0.1, 0.15) is 16.8 Å². The molecule has 0 saturated carbocycles. The van der Waals surface area contributed by atoms with Crippen LogP contribution in [0.3, 0.4) is 0 Å². The van der Waals surface area contributed by atoms with E-state index in [-0.39, 0.29) is 23.8 Å².